The molecule has 0 radical (unpaired) electrons. The maximum absolute atomic E-state index is 12.1. The van der Waals surface area contributed by atoms with Crippen molar-refractivity contribution in [3.63, 3.8) is 0 Å². The predicted octanol–water partition coefficient (Wildman–Crippen LogP) is 3.45. The Bertz CT molecular complexity index is 576. The van der Waals surface area contributed by atoms with Gasteiger partial charge in [-0.1, -0.05) is 12.1 Å². The van der Waals surface area contributed by atoms with Crippen molar-refractivity contribution in [3.05, 3.63) is 29.8 Å². The molecule has 26 heavy (non-hydrogen) atoms. The van der Waals surface area contributed by atoms with Crippen molar-refractivity contribution in [2.75, 3.05) is 18.9 Å². The molecule has 0 spiro atoms. The largest absolute Gasteiger partial charge is 0.390 e. The number of hydrogen-bond acceptors (Lipinski definition) is 2. The summed E-state index contributed by atoms with van der Waals surface area (Å²) in [4.78, 5) is 15.5. The minimum absolute atomic E-state index is 0. The van der Waals surface area contributed by atoms with Crippen LogP contribution in [0.4, 0.5) is 23.7 Å². The molecule has 0 fully saturated rings. The number of alkyl halides is 3. The number of carbonyl (C=O) groups is 1. The quantitative estimate of drug-likeness (QED) is 0.282. The summed E-state index contributed by atoms with van der Waals surface area (Å²) in [7, 11) is 1.49. The fraction of sp³-hybridized carbons (Fsp3) is 0.500. The van der Waals surface area contributed by atoms with Gasteiger partial charge in [0.05, 0.1) is 6.42 Å². The topological polar surface area (TPSA) is 77.6 Å². The first-order chi connectivity index (χ1) is 11.7. The van der Waals surface area contributed by atoms with Crippen molar-refractivity contribution < 1.29 is 18.0 Å². The number of benzene rings is 1. The van der Waals surface area contributed by atoms with Crippen LogP contribution in [0.1, 0.15) is 25.8 Å². The van der Waals surface area contributed by atoms with Crippen LogP contribution in [0.5, 0.6) is 0 Å². The first-order valence-corrected chi connectivity index (χ1v) is 7.87. The second kappa shape index (κ2) is 11.8. The molecule has 148 valence electrons. The molecular formula is C16H25F3IN5O. The zero-order valence-corrected chi connectivity index (χ0v) is 17.2. The van der Waals surface area contributed by atoms with E-state index in [2.05, 4.69) is 26.3 Å². The standard InChI is InChI=1S/C16H24F3N5O.HI/c1-11(2)23-15(25)24-13-6-4-12(5-7-13)10-22-14(20-3)21-9-8-16(17,18)19;/h4-7,11H,8-10H2,1-3H3,(H2,20,21,22)(H2,23,24,25);1H. The van der Waals surface area contributed by atoms with Gasteiger partial charge in [-0.05, 0) is 31.5 Å². The van der Waals surface area contributed by atoms with E-state index >= 15 is 0 Å². The third kappa shape index (κ3) is 11.0. The number of rotatable bonds is 6. The summed E-state index contributed by atoms with van der Waals surface area (Å²) in [5.74, 6) is 0.294. The highest BCUT2D eigenvalue weighted by molar-refractivity contribution is 14.0. The smallest absolute Gasteiger partial charge is 0.356 e. The van der Waals surface area contributed by atoms with Gasteiger partial charge in [0.15, 0.2) is 5.96 Å². The van der Waals surface area contributed by atoms with E-state index in [1.807, 2.05) is 13.8 Å². The third-order valence-electron chi connectivity index (χ3n) is 3.02. The lowest BCUT2D eigenvalue weighted by Gasteiger charge is -2.13. The monoisotopic (exact) mass is 487 g/mol. The summed E-state index contributed by atoms with van der Waals surface area (Å²) in [6.07, 6.45) is -5.12. The summed E-state index contributed by atoms with van der Waals surface area (Å²) in [6, 6.07) is 6.87. The second-order valence-electron chi connectivity index (χ2n) is 5.67. The molecule has 4 N–H and O–H groups in total. The minimum Gasteiger partial charge on any atom is -0.356 e. The van der Waals surface area contributed by atoms with Crippen molar-refractivity contribution in [2.45, 2.75) is 39.0 Å². The van der Waals surface area contributed by atoms with Crippen LogP contribution >= 0.6 is 24.0 Å². The number of anilines is 1. The molecule has 0 unspecified atom stereocenters. The van der Waals surface area contributed by atoms with Gasteiger partial charge in [0.1, 0.15) is 0 Å². The number of halogens is 4. The minimum atomic E-state index is -4.20. The summed E-state index contributed by atoms with van der Waals surface area (Å²) in [5, 5.41) is 11.0. The number of nitrogens with one attached hydrogen (secondary N) is 4. The lowest BCUT2D eigenvalue weighted by molar-refractivity contribution is -0.132. The van der Waals surface area contributed by atoms with Gasteiger partial charge in [0, 0.05) is 31.9 Å². The van der Waals surface area contributed by atoms with Crippen LogP contribution in [0.3, 0.4) is 0 Å². The number of aliphatic imine (C=N–C) groups is 1. The van der Waals surface area contributed by atoms with Crippen molar-refractivity contribution in [3.8, 4) is 0 Å². The van der Waals surface area contributed by atoms with Gasteiger partial charge in [-0.3, -0.25) is 4.99 Å². The molecule has 0 aliphatic heterocycles. The van der Waals surface area contributed by atoms with Gasteiger partial charge in [-0.15, -0.1) is 24.0 Å². The maximum atomic E-state index is 12.1. The van der Waals surface area contributed by atoms with Crippen molar-refractivity contribution in [1.82, 2.24) is 16.0 Å². The number of nitrogens with zero attached hydrogens (tertiary/aromatic N) is 1. The van der Waals surface area contributed by atoms with Crippen LogP contribution in [-0.2, 0) is 6.54 Å². The van der Waals surface area contributed by atoms with E-state index in [-0.39, 0.29) is 42.6 Å². The van der Waals surface area contributed by atoms with E-state index in [0.29, 0.717) is 18.2 Å². The van der Waals surface area contributed by atoms with E-state index in [0.717, 1.165) is 5.56 Å². The Morgan fingerprint density at radius 3 is 2.27 bits per heavy atom. The van der Waals surface area contributed by atoms with Gasteiger partial charge < -0.3 is 21.3 Å². The highest BCUT2D eigenvalue weighted by Gasteiger charge is 2.26. The van der Waals surface area contributed by atoms with Crippen LogP contribution in [0.25, 0.3) is 0 Å². The Labute approximate surface area is 168 Å². The SMILES string of the molecule is CN=C(NCCC(F)(F)F)NCc1ccc(NC(=O)NC(C)C)cc1.I. The molecular weight excluding hydrogens is 462 g/mol. The van der Waals surface area contributed by atoms with E-state index in [1.54, 1.807) is 24.3 Å². The highest BCUT2D eigenvalue weighted by Crippen LogP contribution is 2.18. The Hall–Kier alpha value is -1.72. The second-order valence-corrected chi connectivity index (χ2v) is 5.67. The molecule has 0 bridgehead atoms. The summed E-state index contributed by atoms with van der Waals surface area (Å²) in [5.41, 5.74) is 1.54. The fourth-order valence-corrected chi connectivity index (χ4v) is 1.86. The Morgan fingerprint density at radius 2 is 1.77 bits per heavy atom. The van der Waals surface area contributed by atoms with E-state index in [1.165, 1.54) is 7.05 Å². The number of carbonyl (C=O) groups excluding carboxylic acids is 1. The van der Waals surface area contributed by atoms with Gasteiger partial charge in [-0.25, -0.2) is 4.79 Å². The van der Waals surface area contributed by atoms with Gasteiger partial charge in [0.25, 0.3) is 0 Å². The van der Waals surface area contributed by atoms with Gasteiger partial charge in [-0.2, -0.15) is 13.2 Å². The molecule has 0 heterocycles. The number of guanidine groups is 1. The molecule has 1 aromatic rings. The number of urea groups is 1. The predicted molar refractivity (Wildman–Crippen MR) is 108 cm³/mol. The number of hydrogen-bond donors (Lipinski definition) is 4. The molecule has 1 rings (SSSR count). The molecule has 2 amide bonds. The van der Waals surface area contributed by atoms with Crippen LogP contribution in [-0.4, -0.2) is 37.8 Å². The molecule has 0 aliphatic rings. The van der Waals surface area contributed by atoms with E-state index < -0.39 is 12.6 Å². The Kier molecular flexibility index (Phi) is 11.0. The summed E-state index contributed by atoms with van der Waals surface area (Å²) >= 11 is 0. The third-order valence-corrected chi connectivity index (χ3v) is 3.02. The van der Waals surface area contributed by atoms with Crippen molar-refractivity contribution >= 4 is 41.7 Å². The molecule has 10 heteroatoms. The molecule has 6 nitrogen and oxygen atoms in total. The summed E-state index contributed by atoms with van der Waals surface area (Å²) < 4.78 is 36.4. The van der Waals surface area contributed by atoms with E-state index in [4.69, 9.17) is 0 Å². The molecule has 0 saturated heterocycles. The van der Waals surface area contributed by atoms with Crippen molar-refractivity contribution in [2.24, 2.45) is 4.99 Å². The van der Waals surface area contributed by atoms with Crippen LogP contribution in [0, 0.1) is 0 Å². The fourth-order valence-electron chi connectivity index (χ4n) is 1.86. The average Bonchev–Trinajstić information content (AvgIpc) is 2.50. The normalized spacial score (nSPS) is 11.6. The zero-order chi connectivity index (χ0) is 18.9. The Morgan fingerprint density at radius 1 is 1.15 bits per heavy atom. The molecule has 0 aromatic heterocycles. The lowest BCUT2D eigenvalue weighted by Crippen LogP contribution is -2.38. The van der Waals surface area contributed by atoms with Crippen molar-refractivity contribution in [1.29, 1.82) is 0 Å². The average molecular weight is 487 g/mol. The molecule has 1 aromatic carbocycles. The maximum Gasteiger partial charge on any atom is 0.390 e. The number of amides is 2. The van der Waals surface area contributed by atoms with E-state index in [9.17, 15) is 18.0 Å². The van der Waals surface area contributed by atoms with Gasteiger partial charge >= 0.3 is 12.2 Å². The van der Waals surface area contributed by atoms with Crippen LogP contribution in [0.2, 0.25) is 0 Å². The first-order valence-electron chi connectivity index (χ1n) is 7.87. The molecule has 0 saturated carbocycles. The zero-order valence-electron chi connectivity index (χ0n) is 14.9. The molecule has 0 atom stereocenters. The highest BCUT2D eigenvalue weighted by atomic mass is 127. The summed E-state index contributed by atoms with van der Waals surface area (Å²) in [6.45, 7) is 3.88. The first kappa shape index (κ1) is 24.3. The van der Waals surface area contributed by atoms with Crippen LogP contribution in [0.15, 0.2) is 29.3 Å². The van der Waals surface area contributed by atoms with Crippen LogP contribution < -0.4 is 21.3 Å². The molecule has 0 aliphatic carbocycles. The Balaban J connectivity index is 0.00000625. The van der Waals surface area contributed by atoms with Gasteiger partial charge in [0.2, 0.25) is 0 Å². The lowest BCUT2D eigenvalue weighted by atomic mass is 10.2.